The minimum atomic E-state index is -4.71. The van der Waals surface area contributed by atoms with Gasteiger partial charge in [-0.2, -0.15) is 13.2 Å². The summed E-state index contributed by atoms with van der Waals surface area (Å²) in [6.45, 7) is 0. The number of rotatable bonds is 4. The van der Waals surface area contributed by atoms with E-state index in [-0.39, 0.29) is 5.02 Å². The molecule has 0 aliphatic carbocycles. The van der Waals surface area contributed by atoms with Crippen molar-refractivity contribution < 1.29 is 32.2 Å². The highest BCUT2D eigenvalue weighted by Crippen LogP contribution is 2.39. The summed E-state index contributed by atoms with van der Waals surface area (Å²) in [6, 6.07) is 3.09. The molecule has 0 bridgehead atoms. The van der Waals surface area contributed by atoms with Crippen molar-refractivity contribution >= 4 is 29.2 Å². The molecule has 0 unspecified atom stereocenters. The maximum absolute atomic E-state index is 13.0. The first-order chi connectivity index (χ1) is 10.2. The molecule has 0 spiro atoms. The van der Waals surface area contributed by atoms with Crippen LogP contribution in [0.3, 0.4) is 0 Å². The summed E-state index contributed by atoms with van der Waals surface area (Å²) < 4.78 is 47.6. The second kappa shape index (κ2) is 7.17. The molecule has 9 heteroatoms. The third-order valence-electron chi connectivity index (χ3n) is 2.45. The smallest absolute Gasteiger partial charge is 0.418 e. The lowest BCUT2D eigenvalue weighted by molar-refractivity contribution is -0.138. The van der Waals surface area contributed by atoms with Crippen LogP contribution >= 0.6 is 11.6 Å². The van der Waals surface area contributed by atoms with E-state index in [0.717, 1.165) is 26.4 Å². The summed E-state index contributed by atoms with van der Waals surface area (Å²) in [7, 11) is 2.05. The van der Waals surface area contributed by atoms with Gasteiger partial charge in [-0.05, 0) is 12.1 Å². The summed E-state index contributed by atoms with van der Waals surface area (Å²) in [4.78, 5) is 22.8. The van der Waals surface area contributed by atoms with Crippen LogP contribution < -0.4 is 5.32 Å². The average Bonchev–Trinajstić information content (AvgIpc) is 2.46. The summed E-state index contributed by atoms with van der Waals surface area (Å²) in [5.74, 6) is -2.01. The monoisotopic (exact) mass is 337 g/mol. The van der Waals surface area contributed by atoms with Gasteiger partial charge < -0.3 is 14.8 Å². The van der Waals surface area contributed by atoms with Crippen molar-refractivity contribution in [1.29, 1.82) is 0 Å². The lowest BCUT2D eigenvalue weighted by atomic mass is 10.1. The van der Waals surface area contributed by atoms with Gasteiger partial charge in [0.15, 0.2) is 0 Å². The van der Waals surface area contributed by atoms with Crippen LogP contribution in [0.5, 0.6) is 0 Å². The topological polar surface area (TPSA) is 64.6 Å². The van der Waals surface area contributed by atoms with Gasteiger partial charge in [-0.1, -0.05) is 17.7 Å². The second-order valence-corrected chi connectivity index (χ2v) is 4.27. The highest BCUT2D eigenvalue weighted by molar-refractivity contribution is 6.33. The zero-order chi connectivity index (χ0) is 16.9. The fourth-order valence-corrected chi connectivity index (χ4v) is 1.68. The van der Waals surface area contributed by atoms with E-state index in [2.05, 4.69) is 14.8 Å². The number of ether oxygens (including phenoxy) is 2. The first-order valence-electron chi connectivity index (χ1n) is 5.71. The Hall–Kier alpha value is -2.22. The number of methoxy groups -OCH3 is 2. The van der Waals surface area contributed by atoms with Gasteiger partial charge in [0.05, 0.1) is 36.6 Å². The van der Waals surface area contributed by atoms with Gasteiger partial charge >= 0.3 is 18.1 Å². The molecular formula is C13H11ClF3NO4. The summed E-state index contributed by atoms with van der Waals surface area (Å²) in [6.07, 6.45) is -4.05. The quantitative estimate of drug-likeness (QED) is 0.676. The largest absolute Gasteiger partial charge is 0.466 e. The van der Waals surface area contributed by atoms with E-state index in [4.69, 9.17) is 11.6 Å². The summed E-state index contributed by atoms with van der Waals surface area (Å²) >= 11 is 5.74. The molecule has 0 fully saturated rings. The van der Waals surface area contributed by atoms with Crippen LogP contribution in [0, 0.1) is 0 Å². The number of hydrogen-bond acceptors (Lipinski definition) is 5. The Kier molecular flexibility index (Phi) is 5.81. The molecule has 5 nitrogen and oxygen atoms in total. The number of carbonyl (C=O) groups is 2. The lowest BCUT2D eigenvalue weighted by Gasteiger charge is -2.16. The van der Waals surface area contributed by atoms with Gasteiger partial charge in [0.25, 0.3) is 0 Å². The summed E-state index contributed by atoms with van der Waals surface area (Å²) in [5.41, 5.74) is -2.22. The first-order valence-corrected chi connectivity index (χ1v) is 6.09. The third kappa shape index (κ3) is 4.39. The first kappa shape index (κ1) is 17.8. The Balaban J connectivity index is 3.33. The average molecular weight is 338 g/mol. The zero-order valence-corrected chi connectivity index (χ0v) is 12.2. The molecule has 0 heterocycles. The van der Waals surface area contributed by atoms with E-state index in [1.54, 1.807) is 0 Å². The molecule has 1 aromatic rings. The van der Waals surface area contributed by atoms with Crippen LogP contribution in [0.15, 0.2) is 30.0 Å². The fourth-order valence-electron chi connectivity index (χ4n) is 1.45. The third-order valence-corrected chi connectivity index (χ3v) is 2.76. The van der Waals surface area contributed by atoms with Crippen molar-refractivity contribution in [2.75, 3.05) is 19.5 Å². The molecule has 22 heavy (non-hydrogen) atoms. The molecule has 0 saturated heterocycles. The van der Waals surface area contributed by atoms with Crippen molar-refractivity contribution in [2.24, 2.45) is 0 Å². The van der Waals surface area contributed by atoms with Crippen molar-refractivity contribution in [2.45, 2.75) is 6.18 Å². The Morgan fingerprint density at radius 2 is 1.86 bits per heavy atom. The number of esters is 2. The fraction of sp³-hybridized carbons (Fsp3) is 0.231. The molecule has 0 aliphatic rings. The maximum atomic E-state index is 13.0. The van der Waals surface area contributed by atoms with Gasteiger partial charge in [0, 0.05) is 0 Å². The normalized spacial score (nSPS) is 11.8. The van der Waals surface area contributed by atoms with E-state index >= 15 is 0 Å². The van der Waals surface area contributed by atoms with Crippen molar-refractivity contribution in [3.63, 3.8) is 0 Å². The van der Waals surface area contributed by atoms with Gasteiger partial charge in [-0.25, -0.2) is 9.59 Å². The molecule has 0 radical (unpaired) electrons. The molecule has 0 amide bonds. The van der Waals surface area contributed by atoms with E-state index < -0.39 is 35.1 Å². The molecule has 0 saturated carbocycles. The molecule has 120 valence electrons. The van der Waals surface area contributed by atoms with Crippen LogP contribution in [0.25, 0.3) is 0 Å². The van der Waals surface area contributed by atoms with Crippen LogP contribution in [0.4, 0.5) is 18.9 Å². The number of hydrogen-bond donors (Lipinski definition) is 1. The maximum Gasteiger partial charge on any atom is 0.418 e. The van der Waals surface area contributed by atoms with E-state index in [1.807, 2.05) is 0 Å². The number of alkyl halides is 3. The van der Waals surface area contributed by atoms with Gasteiger partial charge in [-0.15, -0.1) is 0 Å². The Morgan fingerprint density at radius 1 is 1.23 bits per heavy atom. The van der Waals surface area contributed by atoms with Gasteiger partial charge in [-0.3, -0.25) is 0 Å². The minimum absolute atomic E-state index is 0.283. The van der Waals surface area contributed by atoms with Crippen LogP contribution in [-0.2, 0) is 25.2 Å². The molecule has 1 aromatic carbocycles. The second-order valence-electron chi connectivity index (χ2n) is 3.86. The minimum Gasteiger partial charge on any atom is -0.466 e. The van der Waals surface area contributed by atoms with E-state index in [0.29, 0.717) is 6.08 Å². The molecule has 0 atom stereocenters. The molecule has 1 N–H and O–H groups in total. The zero-order valence-electron chi connectivity index (χ0n) is 11.5. The van der Waals surface area contributed by atoms with Gasteiger partial charge in [0.1, 0.15) is 5.70 Å². The molecular weight excluding hydrogens is 327 g/mol. The highest BCUT2D eigenvalue weighted by Gasteiger charge is 2.35. The van der Waals surface area contributed by atoms with Crippen molar-refractivity contribution in [3.05, 3.63) is 40.6 Å². The Bertz CT molecular complexity index is 614. The van der Waals surface area contributed by atoms with Crippen LogP contribution in [-0.4, -0.2) is 26.2 Å². The predicted octanol–water partition coefficient (Wildman–Crippen LogP) is 3.00. The molecule has 0 aliphatic heterocycles. The number of para-hydroxylation sites is 1. The van der Waals surface area contributed by atoms with Crippen LogP contribution in [0.1, 0.15) is 5.56 Å². The Morgan fingerprint density at radius 3 is 2.36 bits per heavy atom. The van der Waals surface area contributed by atoms with Crippen molar-refractivity contribution in [3.8, 4) is 0 Å². The Labute approximate surface area is 128 Å². The number of nitrogens with one attached hydrogen (secondary N) is 1. The SMILES string of the molecule is COC(=O)/C=C(/Nc1c(Cl)cccc1C(F)(F)F)C(=O)OC. The van der Waals surface area contributed by atoms with Crippen molar-refractivity contribution in [1.82, 2.24) is 0 Å². The lowest BCUT2D eigenvalue weighted by Crippen LogP contribution is -2.18. The standard InChI is InChI=1S/C13H11ClF3NO4/c1-21-10(19)6-9(12(20)22-2)18-11-7(13(15,16)17)4-3-5-8(11)14/h3-6,18H,1-2H3/b9-6+. The predicted molar refractivity (Wildman–Crippen MR) is 72.2 cm³/mol. The number of carbonyl (C=O) groups excluding carboxylic acids is 2. The number of benzene rings is 1. The van der Waals surface area contributed by atoms with E-state index in [9.17, 15) is 22.8 Å². The van der Waals surface area contributed by atoms with Gasteiger partial charge in [0.2, 0.25) is 0 Å². The molecule has 0 aromatic heterocycles. The highest BCUT2D eigenvalue weighted by atomic mass is 35.5. The van der Waals surface area contributed by atoms with Crippen LogP contribution in [0.2, 0.25) is 5.02 Å². The number of halogens is 4. The molecule has 1 rings (SSSR count). The summed E-state index contributed by atoms with van der Waals surface area (Å²) in [5, 5.41) is 1.89. The van der Waals surface area contributed by atoms with E-state index in [1.165, 1.54) is 6.07 Å². The number of anilines is 1.